The maximum atomic E-state index is 13.3. The molecule has 3 amide bonds. The molecule has 0 fully saturated rings. The Balaban J connectivity index is 1.58. The number of urea groups is 1. The SMILES string of the molecule is CC(C)n1cc(C(=O)c2cccc(NC(=O)NC(=O)c3ccccc3)c2)c2c(N)ncnc21. The quantitative estimate of drug-likeness (QED) is 0.403. The molecule has 2 aromatic carbocycles. The molecule has 4 N–H and O–H groups in total. The standard InChI is InChI=1S/C24H22N6O3/c1-14(2)30-12-18(19-21(25)26-13-27-22(19)30)20(31)16-9-6-10-17(11-16)28-24(33)29-23(32)15-7-4-3-5-8-15/h3-14H,1-2H3,(H2,25,26,27)(H2,28,29,32,33). The van der Waals surface area contributed by atoms with Crippen LogP contribution >= 0.6 is 0 Å². The van der Waals surface area contributed by atoms with Crippen LogP contribution in [-0.4, -0.2) is 32.3 Å². The van der Waals surface area contributed by atoms with Crippen LogP contribution in [0.1, 0.15) is 46.2 Å². The third-order valence-corrected chi connectivity index (χ3v) is 5.09. The minimum atomic E-state index is -0.706. The molecule has 0 radical (unpaired) electrons. The summed E-state index contributed by atoms with van der Waals surface area (Å²) >= 11 is 0. The molecule has 9 heteroatoms. The zero-order valence-corrected chi connectivity index (χ0v) is 18.1. The lowest BCUT2D eigenvalue weighted by atomic mass is 10.0. The lowest BCUT2D eigenvalue weighted by Crippen LogP contribution is -2.34. The molecule has 2 aromatic heterocycles. The second kappa shape index (κ2) is 8.91. The summed E-state index contributed by atoms with van der Waals surface area (Å²) in [6, 6.07) is 14.2. The molecule has 0 bridgehead atoms. The Morgan fingerprint density at radius 3 is 2.42 bits per heavy atom. The van der Waals surface area contributed by atoms with E-state index in [0.29, 0.717) is 33.4 Å². The highest BCUT2D eigenvalue weighted by Crippen LogP contribution is 2.28. The highest BCUT2D eigenvalue weighted by Gasteiger charge is 2.21. The van der Waals surface area contributed by atoms with Crippen LogP contribution in [-0.2, 0) is 0 Å². The van der Waals surface area contributed by atoms with E-state index in [2.05, 4.69) is 20.6 Å². The highest BCUT2D eigenvalue weighted by atomic mass is 16.2. The highest BCUT2D eigenvalue weighted by molar-refractivity contribution is 6.18. The summed E-state index contributed by atoms with van der Waals surface area (Å²) in [5, 5.41) is 5.33. The zero-order valence-electron chi connectivity index (χ0n) is 18.1. The Morgan fingerprint density at radius 2 is 1.70 bits per heavy atom. The third-order valence-electron chi connectivity index (χ3n) is 5.09. The van der Waals surface area contributed by atoms with Crippen molar-refractivity contribution in [1.82, 2.24) is 19.9 Å². The van der Waals surface area contributed by atoms with Gasteiger partial charge in [0.1, 0.15) is 17.8 Å². The van der Waals surface area contributed by atoms with Gasteiger partial charge >= 0.3 is 6.03 Å². The average molecular weight is 442 g/mol. The number of carbonyl (C=O) groups excluding carboxylic acids is 3. The Bertz CT molecular complexity index is 1360. The smallest absolute Gasteiger partial charge is 0.326 e. The van der Waals surface area contributed by atoms with Gasteiger partial charge in [-0.15, -0.1) is 0 Å². The van der Waals surface area contributed by atoms with Gasteiger partial charge in [0.05, 0.1) is 10.9 Å². The number of rotatable bonds is 5. The summed E-state index contributed by atoms with van der Waals surface area (Å²) in [7, 11) is 0. The van der Waals surface area contributed by atoms with Crippen LogP contribution in [0.3, 0.4) is 0 Å². The number of nitrogens with two attached hydrogens (primary N) is 1. The molecule has 0 spiro atoms. The molecule has 33 heavy (non-hydrogen) atoms. The Labute approximate surface area is 189 Å². The van der Waals surface area contributed by atoms with E-state index < -0.39 is 11.9 Å². The summed E-state index contributed by atoms with van der Waals surface area (Å²) in [4.78, 5) is 46.1. The second-order valence-corrected chi connectivity index (χ2v) is 7.69. The first-order chi connectivity index (χ1) is 15.8. The second-order valence-electron chi connectivity index (χ2n) is 7.69. The lowest BCUT2D eigenvalue weighted by Gasteiger charge is -2.08. The summed E-state index contributed by atoms with van der Waals surface area (Å²) in [5.41, 5.74) is 8.07. The predicted molar refractivity (Wildman–Crippen MR) is 125 cm³/mol. The monoisotopic (exact) mass is 442 g/mol. The van der Waals surface area contributed by atoms with Crippen LogP contribution < -0.4 is 16.4 Å². The fraction of sp³-hybridized carbons (Fsp3) is 0.125. The molecule has 0 aliphatic carbocycles. The zero-order chi connectivity index (χ0) is 23.5. The molecule has 0 saturated carbocycles. The minimum Gasteiger partial charge on any atom is -0.383 e. The van der Waals surface area contributed by atoms with Crippen molar-refractivity contribution in [2.45, 2.75) is 19.9 Å². The van der Waals surface area contributed by atoms with Crippen molar-refractivity contribution in [3.63, 3.8) is 0 Å². The Hall–Kier alpha value is -4.53. The van der Waals surface area contributed by atoms with Crippen molar-refractivity contribution in [3.05, 3.63) is 83.8 Å². The lowest BCUT2D eigenvalue weighted by molar-refractivity contribution is 0.0966. The van der Waals surface area contributed by atoms with Gasteiger partial charge in [0, 0.05) is 29.1 Å². The first kappa shape index (κ1) is 21.7. The number of benzene rings is 2. The van der Waals surface area contributed by atoms with Gasteiger partial charge < -0.3 is 15.6 Å². The molecule has 0 aliphatic heterocycles. The van der Waals surface area contributed by atoms with Crippen LogP contribution in [0, 0.1) is 0 Å². The Morgan fingerprint density at radius 1 is 0.970 bits per heavy atom. The number of amides is 3. The summed E-state index contributed by atoms with van der Waals surface area (Å²) in [5.74, 6) is -0.599. The normalized spacial score (nSPS) is 10.9. The molecule has 0 unspecified atom stereocenters. The largest absolute Gasteiger partial charge is 0.383 e. The van der Waals surface area contributed by atoms with E-state index in [1.807, 2.05) is 18.4 Å². The van der Waals surface area contributed by atoms with Crippen LogP contribution in [0.15, 0.2) is 67.1 Å². The third kappa shape index (κ3) is 4.42. The number of nitrogens with zero attached hydrogens (tertiary/aromatic N) is 3. The van der Waals surface area contributed by atoms with E-state index in [9.17, 15) is 14.4 Å². The van der Waals surface area contributed by atoms with Crippen LogP contribution in [0.2, 0.25) is 0 Å². The molecule has 0 saturated heterocycles. The summed E-state index contributed by atoms with van der Waals surface area (Å²) in [6.07, 6.45) is 3.08. The van der Waals surface area contributed by atoms with E-state index in [1.54, 1.807) is 54.7 Å². The van der Waals surface area contributed by atoms with Crippen molar-refractivity contribution in [2.75, 3.05) is 11.1 Å². The fourth-order valence-electron chi connectivity index (χ4n) is 3.50. The van der Waals surface area contributed by atoms with E-state index >= 15 is 0 Å². The van der Waals surface area contributed by atoms with Gasteiger partial charge in [-0.3, -0.25) is 14.9 Å². The number of carbonyl (C=O) groups is 3. The number of nitrogens with one attached hydrogen (secondary N) is 2. The van der Waals surface area contributed by atoms with Crippen molar-refractivity contribution in [2.24, 2.45) is 0 Å². The molecular formula is C24H22N6O3. The van der Waals surface area contributed by atoms with Gasteiger partial charge in [0.15, 0.2) is 5.78 Å². The molecule has 9 nitrogen and oxygen atoms in total. The molecule has 0 aliphatic rings. The summed E-state index contributed by atoms with van der Waals surface area (Å²) < 4.78 is 1.87. The molecule has 4 aromatic rings. The Kier molecular flexibility index (Phi) is 5.86. The number of imide groups is 1. The maximum Gasteiger partial charge on any atom is 0.326 e. The van der Waals surface area contributed by atoms with Crippen molar-refractivity contribution in [1.29, 1.82) is 0 Å². The van der Waals surface area contributed by atoms with E-state index in [-0.39, 0.29) is 17.6 Å². The topological polar surface area (TPSA) is 132 Å². The van der Waals surface area contributed by atoms with Crippen molar-refractivity contribution >= 4 is 40.3 Å². The van der Waals surface area contributed by atoms with Crippen LogP contribution in [0.5, 0.6) is 0 Å². The number of hydrogen-bond acceptors (Lipinski definition) is 6. The maximum absolute atomic E-state index is 13.3. The minimum absolute atomic E-state index is 0.0576. The van der Waals surface area contributed by atoms with Crippen LogP contribution in [0.4, 0.5) is 16.3 Å². The van der Waals surface area contributed by atoms with Crippen molar-refractivity contribution in [3.8, 4) is 0 Å². The van der Waals surface area contributed by atoms with Crippen molar-refractivity contribution < 1.29 is 14.4 Å². The van der Waals surface area contributed by atoms with Gasteiger partial charge in [-0.05, 0) is 38.1 Å². The van der Waals surface area contributed by atoms with Gasteiger partial charge in [-0.1, -0.05) is 30.3 Å². The van der Waals surface area contributed by atoms with Gasteiger partial charge in [-0.2, -0.15) is 0 Å². The number of nitrogen functional groups attached to an aromatic ring is 1. The fourth-order valence-corrected chi connectivity index (χ4v) is 3.50. The molecule has 4 rings (SSSR count). The van der Waals surface area contributed by atoms with Crippen LogP contribution in [0.25, 0.3) is 11.0 Å². The molecule has 2 heterocycles. The molecule has 166 valence electrons. The number of aromatic nitrogens is 3. The number of ketones is 1. The number of hydrogen-bond donors (Lipinski definition) is 3. The first-order valence-electron chi connectivity index (χ1n) is 10.3. The van der Waals surface area contributed by atoms with Gasteiger partial charge in [-0.25, -0.2) is 14.8 Å². The first-order valence-corrected chi connectivity index (χ1v) is 10.3. The van der Waals surface area contributed by atoms with E-state index in [4.69, 9.17) is 5.73 Å². The van der Waals surface area contributed by atoms with Gasteiger partial charge in [0.2, 0.25) is 0 Å². The molecular weight excluding hydrogens is 420 g/mol. The number of anilines is 2. The van der Waals surface area contributed by atoms with E-state index in [0.717, 1.165) is 0 Å². The predicted octanol–water partition coefficient (Wildman–Crippen LogP) is 3.79. The molecule has 0 atom stereocenters. The van der Waals surface area contributed by atoms with Gasteiger partial charge in [0.25, 0.3) is 5.91 Å². The van der Waals surface area contributed by atoms with E-state index in [1.165, 1.54) is 12.4 Å². The summed E-state index contributed by atoms with van der Waals surface area (Å²) in [6.45, 7) is 3.96. The number of fused-ring (bicyclic) bond motifs is 1. The average Bonchev–Trinajstić information content (AvgIpc) is 3.20.